The molecule has 1 aliphatic heterocycles. The molecule has 63 heavy (non-hydrogen) atoms. The van der Waals surface area contributed by atoms with E-state index in [1.807, 2.05) is 54.6 Å². The fraction of sp³-hybridized carbons (Fsp3) is 0.426. The second-order valence-electron chi connectivity index (χ2n) is 16.9. The van der Waals surface area contributed by atoms with Crippen LogP contribution in [0.4, 0.5) is 13.2 Å². The number of carbonyl (C=O) groups is 5. The highest BCUT2D eigenvalue weighted by atomic mass is 19.4. The van der Waals surface area contributed by atoms with E-state index in [0.717, 1.165) is 22.8 Å². The normalized spacial score (nSPS) is 19.9. The van der Waals surface area contributed by atoms with Crippen molar-refractivity contribution in [2.45, 2.75) is 107 Å². The number of rotatable bonds is 15. The molecule has 0 saturated carbocycles. The largest absolute Gasteiger partial charge is 0.460 e. The van der Waals surface area contributed by atoms with Gasteiger partial charge in [-0.05, 0) is 73.7 Å². The molecule has 0 bridgehead atoms. The lowest BCUT2D eigenvalue weighted by molar-refractivity contribution is -0.182. The lowest BCUT2D eigenvalue weighted by Crippen LogP contribution is -2.53. The monoisotopic (exact) mass is 876 g/mol. The number of aliphatic hydroxyl groups excluding tert-OH is 1. The van der Waals surface area contributed by atoms with E-state index < -0.39 is 90.9 Å². The van der Waals surface area contributed by atoms with Crippen LogP contribution in [0.1, 0.15) is 72.6 Å². The molecule has 1 fully saturated rings. The number of halogens is 3. The first-order chi connectivity index (χ1) is 29.8. The summed E-state index contributed by atoms with van der Waals surface area (Å²) in [5, 5.41) is 13.0. The Balaban J connectivity index is 1.21. The third kappa shape index (κ3) is 12.6. The third-order valence-electron chi connectivity index (χ3n) is 10.7. The molecule has 13 nitrogen and oxygen atoms in total. The van der Waals surface area contributed by atoms with Crippen LogP contribution in [0.5, 0.6) is 0 Å². The predicted molar refractivity (Wildman–Crippen MR) is 222 cm³/mol. The maximum absolute atomic E-state index is 14.6. The molecule has 2 amide bonds. The Morgan fingerprint density at radius 3 is 2.21 bits per heavy atom. The molecule has 336 valence electrons. The maximum atomic E-state index is 14.6. The van der Waals surface area contributed by atoms with Crippen LogP contribution < -0.4 is 5.32 Å². The van der Waals surface area contributed by atoms with Crippen molar-refractivity contribution in [3.63, 3.8) is 0 Å². The summed E-state index contributed by atoms with van der Waals surface area (Å²) in [4.78, 5) is 67.9. The van der Waals surface area contributed by atoms with Gasteiger partial charge in [-0.2, -0.15) is 13.2 Å². The number of benzene rings is 3. The number of nitrogens with one attached hydrogen (secondary N) is 1. The van der Waals surface area contributed by atoms with E-state index in [1.54, 1.807) is 26.8 Å². The van der Waals surface area contributed by atoms with Crippen molar-refractivity contribution >= 4 is 35.8 Å². The average molecular weight is 877 g/mol. The van der Waals surface area contributed by atoms with E-state index in [1.165, 1.54) is 42.3 Å². The molecule has 1 heterocycles. The molecule has 0 radical (unpaired) electrons. The van der Waals surface area contributed by atoms with Gasteiger partial charge >= 0.3 is 24.1 Å². The fourth-order valence-electron chi connectivity index (χ4n) is 7.76. The highest BCUT2D eigenvalue weighted by molar-refractivity contribution is 5.97. The first kappa shape index (κ1) is 46.7. The number of esters is 3. The van der Waals surface area contributed by atoms with Gasteiger partial charge in [-0.15, -0.1) is 0 Å². The average Bonchev–Trinajstić information content (AvgIpc) is 3.79. The van der Waals surface area contributed by atoms with Gasteiger partial charge in [0.2, 0.25) is 11.8 Å². The summed E-state index contributed by atoms with van der Waals surface area (Å²) in [5.74, 6) is -4.62. The van der Waals surface area contributed by atoms with Crippen LogP contribution in [0.3, 0.4) is 0 Å². The van der Waals surface area contributed by atoms with Gasteiger partial charge in [0.05, 0.1) is 18.2 Å². The van der Waals surface area contributed by atoms with Crippen LogP contribution in [0.15, 0.2) is 96.6 Å². The molecule has 3 aromatic carbocycles. The lowest BCUT2D eigenvalue weighted by atomic mass is 9.90. The molecule has 5 unspecified atom stereocenters. The van der Waals surface area contributed by atoms with E-state index in [-0.39, 0.29) is 36.8 Å². The molecule has 6 rings (SSSR count). The van der Waals surface area contributed by atoms with Crippen molar-refractivity contribution in [1.82, 2.24) is 10.2 Å². The number of hydrogen-bond donors (Lipinski definition) is 2. The standard InChI is InChI=1S/C47H51F3N2O11/c1-45(2,3)62-40(55)21-19-35(27-53)51-42(56)36(22-30-10-6-5-7-11-30)52(4)43(57)34-23-37(41-38(24-34)61-46(63-41)25-32-12-8-9-13-33(32)26-46)60-44(58)31-17-14-29(15-18-31)16-20-39(54)59-28-47(48,49)50/h5-18,20,24,35-38,41,53H,19,21-23,25-28H2,1-4H3,(H,51,56). The van der Waals surface area contributed by atoms with Crippen molar-refractivity contribution < 1.29 is 65.9 Å². The number of aliphatic hydroxyl groups is 1. The van der Waals surface area contributed by atoms with Gasteiger partial charge in [0.25, 0.3) is 0 Å². The first-order valence-corrected chi connectivity index (χ1v) is 20.6. The molecule has 2 aliphatic carbocycles. The molecule has 1 spiro atoms. The van der Waals surface area contributed by atoms with E-state index >= 15 is 0 Å². The van der Waals surface area contributed by atoms with Gasteiger partial charge in [-0.25, -0.2) is 9.59 Å². The zero-order valence-electron chi connectivity index (χ0n) is 35.4. The zero-order chi connectivity index (χ0) is 45.5. The topological polar surface area (TPSA) is 167 Å². The summed E-state index contributed by atoms with van der Waals surface area (Å²) >= 11 is 0. The minimum Gasteiger partial charge on any atom is -0.460 e. The Morgan fingerprint density at radius 2 is 1.59 bits per heavy atom. The molecule has 5 atom stereocenters. The summed E-state index contributed by atoms with van der Waals surface area (Å²) in [6, 6.07) is 20.8. The minimum absolute atomic E-state index is 0.0585. The first-order valence-electron chi connectivity index (χ1n) is 20.6. The number of carbonyl (C=O) groups excluding carboxylic acids is 5. The van der Waals surface area contributed by atoms with Crippen LogP contribution in [0, 0.1) is 0 Å². The minimum atomic E-state index is -4.67. The number of likely N-dealkylation sites (N-methyl/N-ethyl adjacent to an activating group) is 1. The second kappa shape index (κ2) is 19.7. The summed E-state index contributed by atoms with van der Waals surface area (Å²) in [7, 11) is 1.49. The Bertz CT molecular complexity index is 2180. The lowest BCUT2D eigenvalue weighted by Gasteiger charge is -2.34. The molecule has 3 aromatic rings. The van der Waals surface area contributed by atoms with Gasteiger partial charge in [-0.3, -0.25) is 14.4 Å². The van der Waals surface area contributed by atoms with Gasteiger partial charge in [0.15, 0.2) is 12.4 Å². The highest BCUT2D eigenvalue weighted by Crippen LogP contribution is 2.45. The van der Waals surface area contributed by atoms with E-state index in [0.29, 0.717) is 18.4 Å². The molecular weight excluding hydrogens is 826 g/mol. The van der Waals surface area contributed by atoms with Gasteiger partial charge in [0, 0.05) is 50.8 Å². The van der Waals surface area contributed by atoms with Crippen LogP contribution in [-0.2, 0) is 62.1 Å². The van der Waals surface area contributed by atoms with Crippen molar-refractivity contribution in [3.8, 4) is 0 Å². The SMILES string of the molecule is CN(C(=O)C1=CC2OC3(Cc4ccccc4C3)OC2C(OC(=O)c2ccc(C=CC(=O)OCC(F)(F)F)cc2)C1)C(Cc1ccccc1)C(=O)NC(CO)CCC(=O)OC(C)(C)C. The number of ether oxygens (including phenoxy) is 5. The smallest absolute Gasteiger partial charge is 0.422 e. The van der Waals surface area contributed by atoms with Crippen molar-refractivity contribution in [3.05, 3.63) is 124 Å². The van der Waals surface area contributed by atoms with Crippen LogP contribution in [-0.4, -0.2) is 108 Å². The van der Waals surface area contributed by atoms with Crippen LogP contribution in [0.2, 0.25) is 0 Å². The summed E-state index contributed by atoms with van der Waals surface area (Å²) in [6.45, 7) is 3.03. The second-order valence-corrected chi connectivity index (χ2v) is 16.9. The Morgan fingerprint density at radius 1 is 0.937 bits per heavy atom. The van der Waals surface area contributed by atoms with E-state index in [4.69, 9.17) is 18.9 Å². The summed E-state index contributed by atoms with van der Waals surface area (Å²) in [5.41, 5.74) is 2.83. The summed E-state index contributed by atoms with van der Waals surface area (Å²) < 4.78 is 66.1. The predicted octanol–water partition coefficient (Wildman–Crippen LogP) is 5.61. The molecule has 2 N–H and O–H groups in total. The number of nitrogens with zero attached hydrogens (tertiary/aromatic N) is 1. The van der Waals surface area contributed by atoms with Gasteiger partial charge in [0.1, 0.15) is 30.0 Å². The Labute approximate surface area is 363 Å². The van der Waals surface area contributed by atoms with Crippen LogP contribution >= 0.6 is 0 Å². The molecule has 1 saturated heterocycles. The number of amides is 2. The van der Waals surface area contributed by atoms with Crippen molar-refractivity contribution in [2.24, 2.45) is 0 Å². The Kier molecular flexibility index (Phi) is 14.6. The van der Waals surface area contributed by atoms with Gasteiger partial charge in [-0.1, -0.05) is 66.7 Å². The molecule has 16 heteroatoms. The number of hydrogen-bond acceptors (Lipinski definition) is 11. The van der Waals surface area contributed by atoms with E-state index in [9.17, 15) is 42.3 Å². The number of fused-ring (bicyclic) bond motifs is 2. The molecular formula is C47H51F3N2O11. The maximum Gasteiger partial charge on any atom is 0.422 e. The molecule has 3 aliphatic rings. The zero-order valence-corrected chi connectivity index (χ0v) is 35.4. The Hall–Kier alpha value is -5.84. The fourth-order valence-corrected chi connectivity index (χ4v) is 7.76. The van der Waals surface area contributed by atoms with Gasteiger partial charge < -0.3 is 39.0 Å². The van der Waals surface area contributed by atoms with Crippen molar-refractivity contribution in [1.29, 1.82) is 0 Å². The quantitative estimate of drug-likeness (QED) is 0.111. The third-order valence-corrected chi connectivity index (χ3v) is 10.7. The van der Waals surface area contributed by atoms with Crippen molar-refractivity contribution in [2.75, 3.05) is 20.3 Å². The highest BCUT2D eigenvalue weighted by Gasteiger charge is 2.55. The van der Waals surface area contributed by atoms with Crippen LogP contribution in [0.25, 0.3) is 6.08 Å². The summed E-state index contributed by atoms with van der Waals surface area (Å²) in [6.07, 6.45) is -2.71. The number of alkyl halides is 3. The molecule has 0 aromatic heterocycles. The van der Waals surface area contributed by atoms with E-state index in [2.05, 4.69) is 10.1 Å².